The van der Waals surface area contributed by atoms with Crippen LogP contribution in [0, 0.1) is 5.82 Å². The van der Waals surface area contributed by atoms with E-state index >= 15 is 0 Å². The molecular weight excluding hydrogens is 477 g/mol. The van der Waals surface area contributed by atoms with Crippen molar-refractivity contribution < 1.29 is 22.3 Å². The van der Waals surface area contributed by atoms with Crippen LogP contribution in [0.15, 0.2) is 47.5 Å². The fourth-order valence-corrected chi connectivity index (χ4v) is 2.84. The van der Waals surface area contributed by atoms with Gasteiger partial charge in [0.25, 0.3) is 0 Å². The van der Waals surface area contributed by atoms with Gasteiger partial charge in [-0.3, -0.25) is 0 Å². The number of aliphatic imine (C=N–C) groups is 1. The summed E-state index contributed by atoms with van der Waals surface area (Å²) in [5, 5.41) is 3.01. The smallest absolute Gasteiger partial charge is 0.416 e. The first kappa shape index (κ1) is 21.3. The molecule has 1 aliphatic rings. The minimum atomic E-state index is -4.66. The van der Waals surface area contributed by atoms with Crippen LogP contribution < -0.4 is 15.8 Å². The maximum atomic E-state index is 13.1. The third-order valence-corrected chi connectivity index (χ3v) is 4.08. The van der Waals surface area contributed by atoms with Crippen molar-refractivity contribution in [1.82, 2.24) is 5.32 Å². The van der Waals surface area contributed by atoms with E-state index in [1.54, 1.807) is 0 Å². The summed E-state index contributed by atoms with van der Waals surface area (Å²) in [5.41, 5.74) is 5.56. The van der Waals surface area contributed by atoms with Crippen molar-refractivity contribution in [2.75, 3.05) is 6.61 Å². The number of para-hydroxylation sites is 1. The molecule has 1 heterocycles. The molecule has 0 bridgehead atoms. The first-order valence-corrected chi connectivity index (χ1v) is 7.98. The Morgan fingerprint density at radius 2 is 1.96 bits per heavy atom. The first-order chi connectivity index (χ1) is 12.3. The molecule has 27 heavy (non-hydrogen) atoms. The lowest BCUT2D eigenvalue weighted by atomic mass is 10.0. The summed E-state index contributed by atoms with van der Waals surface area (Å²) in [7, 11) is 0. The van der Waals surface area contributed by atoms with Crippen LogP contribution in [0.25, 0.3) is 0 Å². The van der Waals surface area contributed by atoms with Crippen LogP contribution >= 0.6 is 24.0 Å². The summed E-state index contributed by atoms with van der Waals surface area (Å²) < 4.78 is 57.7. The lowest BCUT2D eigenvalue weighted by Gasteiger charge is -2.27. The predicted molar refractivity (Wildman–Crippen MR) is 105 cm³/mol. The highest BCUT2D eigenvalue weighted by molar-refractivity contribution is 14.0. The van der Waals surface area contributed by atoms with E-state index in [1.807, 2.05) is 24.3 Å². The highest BCUT2D eigenvalue weighted by Gasteiger charge is 2.33. The molecule has 0 fully saturated rings. The van der Waals surface area contributed by atoms with Crippen LogP contribution in [-0.4, -0.2) is 12.6 Å². The number of hydrogen-bond donors (Lipinski definition) is 2. The molecule has 1 unspecified atom stereocenters. The van der Waals surface area contributed by atoms with Crippen molar-refractivity contribution in [3.63, 3.8) is 0 Å². The summed E-state index contributed by atoms with van der Waals surface area (Å²) in [6, 6.07) is 9.81. The molecule has 3 rings (SSSR count). The number of hydrogen-bond acceptors (Lipinski definition) is 2. The van der Waals surface area contributed by atoms with Gasteiger partial charge in [0.2, 0.25) is 0 Å². The van der Waals surface area contributed by atoms with Crippen molar-refractivity contribution >= 4 is 29.9 Å². The third kappa shape index (κ3) is 5.24. The molecule has 0 amide bonds. The number of nitrogens with two attached hydrogens (primary N) is 1. The van der Waals surface area contributed by atoms with Gasteiger partial charge < -0.3 is 15.8 Å². The number of rotatable bonds is 3. The number of ether oxygens (including phenoxy) is 1. The van der Waals surface area contributed by atoms with Crippen LogP contribution in [0.5, 0.6) is 5.75 Å². The van der Waals surface area contributed by atoms with Gasteiger partial charge >= 0.3 is 6.18 Å². The molecule has 1 atom stereocenters. The standard InChI is InChI=1S/C18H17F4N3O.HI/c19-12-6-5-11(14(9-12)18(20,21)22)10-24-17(23)25-15-7-8-26-16-4-2-1-3-13(15)16;/h1-6,9,15H,7-8,10H2,(H3,23,24,25);1H. The molecule has 146 valence electrons. The lowest BCUT2D eigenvalue weighted by Crippen LogP contribution is -2.37. The minimum absolute atomic E-state index is 0. The van der Waals surface area contributed by atoms with Crippen molar-refractivity contribution in [2.45, 2.75) is 25.2 Å². The fraction of sp³-hybridized carbons (Fsp3) is 0.278. The Morgan fingerprint density at radius 1 is 1.22 bits per heavy atom. The molecule has 0 spiro atoms. The van der Waals surface area contributed by atoms with Crippen molar-refractivity contribution in [2.24, 2.45) is 10.7 Å². The molecule has 4 nitrogen and oxygen atoms in total. The van der Waals surface area contributed by atoms with E-state index in [0.29, 0.717) is 19.1 Å². The van der Waals surface area contributed by atoms with Crippen LogP contribution in [0.1, 0.15) is 29.2 Å². The lowest BCUT2D eigenvalue weighted by molar-refractivity contribution is -0.138. The second-order valence-electron chi connectivity index (χ2n) is 5.87. The van der Waals surface area contributed by atoms with Crippen LogP contribution in [-0.2, 0) is 12.7 Å². The predicted octanol–water partition coefficient (Wildman–Crippen LogP) is 4.39. The molecule has 0 radical (unpaired) electrons. The molecule has 3 N–H and O–H groups in total. The van der Waals surface area contributed by atoms with E-state index in [4.69, 9.17) is 10.5 Å². The molecule has 2 aromatic carbocycles. The van der Waals surface area contributed by atoms with Gasteiger partial charge in [-0.15, -0.1) is 24.0 Å². The molecule has 9 heteroatoms. The van der Waals surface area contributed by atoms with Gasteiger partial charge in [0.1, 0.15) is 11.6 Å². The van der Waals surface area contributed by atoms with Gasteiger partial charge in [-0.05, 0) is 23.8 Å². The Hall–Kier alpha value is -2.04. The molecule has 0 aromatic heterocycles. The fourth-order valence-electron chi connectivity index (χ4n) is 2.84. The SMILES string of the molecule is I.NC(=NCc1ccc(F)cc1C(F)(F)F)NC1CCOc2ccccc21. The van der Waals surface area contributed by atoms with Gasteiger partial charge in [0.05, 0.1) is 24.8 Å². The number of halogens is 5. The van der Waals surface area contributed by atoms with E-state index < -0.39 is 17.6 Å². The van der Waals surface area contributed by atoms with E-state index in [1.165, 1.54) is 0 Å². The normalized spacial score (nSPS) is 16.7. The Kier molecular flexibility index (Phi) is 6.90. The molecule has 0 aliphatic carbocycles. The van der Waals surface area contributed by atoms with Crippen molar-refractivity contribution in [1.29, 1.82) is 0 Å². The zero-order valence-electron chi connectivity index (χ0n) is 14.1. The minimum Gasteiger partial charge on any atom is -0.493 e. The Labute approximate surface area is 170 Å². The van der Waals surface area contributed by atoms with E-state index in [2.05, 4.69) is 10.3 Å². The highest BCUT2D eigenvalue weighted by Crippen LogP contribution is 2.33. The molecular formula is C18H18F4IN3O. The van der Waals surface area contributed by atoms with Gasteiger partial charge in [0, 0.05) is 12.0 Å². The van der Waals surface area contributed by atoms with Gasteiger partial charge in [-0.2, -0.15) is 13.2 Å². The van der Waals surface area contributed by atoms with Gasteiger partial charge in [0.15, 0.2) is 5.96 Å². The Balaban J connectivity index is 0.00000261. The van der Waals surface area contributed by atoms with Crippen LogP contribution in [0.4, 0.5) is 17.6 Å². The largest absolute Gasteiger partial charge is 0.493 e. The maximum Gasteiger partial charge on any atom is 0.416 e. The number of nitrogens with zero attached hydrogens (tertiary/aromatic N) is 1. The number of benzene rings is 2. The first-order valence-electron chi connectivity index (χ1n) is 7.98. The molecule has 2 aromatic rings. The highest BCUT2D eigenvalue weighted by atomic mass is 127. The van der Waals surface area contributed by atoms with Crippen molar-refractivity contribution in [3.05, 3.63) is 65.0 Å². The Morgan fingerprint density at radius 3 is 2.70 bits per heavy atom. The maximum absolute atomic E-state index is 13.1. The van der Waals surface area contributed by atoms with E-state index in [9.17, 15) is 17.6 Å². The summed E-state index contributed by atoms with van der Waals surface area (Å²) in [6.45, 7) is 0.191. The summed E-state index contributed by atoms with van der Waals surface area (Å²) >= 11 is 0. The second kappa shape index (κ2) is 8.77. The van der Waals surface area contributed by atoms with Gasteiger partial charge in [-0.25, -0.2) is 9.38 Å². The number of guanidine groups is 1. The van der Waals surface area contributed by atoms with Gasteiger partial charge in [-0.1, -0.05) is 24.3 Å². The zero-order chi connectivity index (χ0) is 18.7. The molecule has 0 saturated heterocycles. The Bertz CT molecular complexity index is 826. The van der Waals surface area contributed by atoms with E-state index in [0.717, 1.165) is 23.4 Å². The molecule has 1 aliphatic heterocycles. The summed E-state index contributed by atoms with van der Waals surface area (Å²) in [4.78, 5) is 3.99. The van der Waals surface area contributed by atoms with E-state index in [-0.39, 0.29) is 48.1 Å². The van der Waals surface area contributed by atoms with Crippen molar-refractivity contribution in [3.8, 4) is 5.75 Å². The third-order valence-electron chi connectivity index (χ3n) is 4.08. The topological polar surface area (TPSA) is 59.6 Å². The summed E-state index contributed by atoms with van der Waals surface area (Å²) in [6.07, 6.45) is -4.01. The average molecular weight is 495 g/mol. The number of fused-ring (bicyclic) bond motifs is 1. The monoisotopic (exact) mass is 495 g/mol. The van der Waals surface area contributed by atoms with Crippen LogP contribution in [0.3, 0.4) is 0 Å². The summed E-state index contributed by atoms with van der Waals surface area (Å²) in [5.74, 6) is -0.193. The van der Waals surface area contributed by atoms with Crippen LogP contribution in [0.2, 0.25) is 0 Å². The number of alkyl halides is 3. The second-order valence-corrected chi connectivity index (χ2v) is 5.87. The quantitative estimate of drug-likeness (QED) is 0.288. The zero-order valence-corrected chi connectivity index (χ0v) is 16.4. The molecule has 0 saturated carbocycles. The number of nitrogens with one attached hydrogen (secondary N) is 1. The average Bonchev–Trinajstić information content (AvgIpc) is 2.60.